The van der Waals surface area contributed by atoms with E-state index in [9.17, 15) is 4.79 Å². The van der Waals surface area contributed by atoms with E-state index in [0.717, 1.165) is 27.8 Å². The Morgan fingerprint density at radius 2 is 1.94 bits per heavy atom. The van der Waals surface area contributed by atoms with Gasteiger partial charge in [-0.05, 0) is 30.7 Å². The standard InChI is InChI=1S/C24H26N6O3/c1-17-12-20(8-9-25-17)30-22-15-26-23(13-19(22)14-27-30)29-24(31)28-21(16-33-11-10-32-2)18-6-4-3-5-7-18/h3-9,12-15,21H,10-11,16H2,1-2H3,(H2,26,28,29,31). The van der Waals surface area contributed by atoms with Gasteiger partial charge in [-0.3, -0.25) is 10.3 Å². The highest BCUT2D eigenvalue weighted by molar-refractivity contribution is 5.91. The molecular weight excluding hydrogens is 420 g/mol. The van der Waals surface area contributed by atoms with Gasteiger partial charge in [-0.25, -0.2) is 14.5 Å². The lowest BCUT2D eigenvalue weighted by Gasteiger charge is -2.19. The van der Waals surface area contributed by atoms with Crippen LogP contribution in [0.1, 0.15) is 17.3 Å². The van der Waals surface area contributed by atoms with Crippen molar-refractivity contribution >= 4 is 22.8 Å². The number of nitrogens with one attached hydrogen (secondary N) is 2. The average Bonchev–Trinajstić information content (AvgIpc) is 3.25. The second kappa shape index (κ2) is 10.7. The number of ether oxygens (including phenoxy) is 2. The maximum Gasteiger partial charge on any atom is 0.320 e. The number of urea groups is 1. The molecule has 0 saturated carbocycles. The molecule has 0 fully saturated rings. The summed E-state index contributed by atoms with van der Waals surface area (Å²) in [7, 11) is 1.62. The van der Waals surface area contributed by atoms with Crippen molar-refractivity contribution in [2.45, 2.75) is 13.0 Å². The Labute approximate surface area is 191 Å². The van der Waals surface area contributed by atoms with Gasteiger partial charge in [0, 0.05) is 24.4 Å². The van der Waals surface area contributed by atoms with Crippen LogP contribution in [0.4, 0.5) is 10.6 Å². The lowest BCUT2D eigenvalue weighted by molar-refractivity contribution is 0.0601. The Morgan fingerprint density at radius 1 is 1.09 bits per heavy atom. The number of nitrogens with zero attached hydrogens (tertiary/aromatic N) is 4. The van der Waals surface area contributed by atoms with Crippen molar-refractivity contribution in [1.29, 1.82) is 0 Å². The summed E-state index contributed by atoms with van der Waals surface area (Å²) in [6.45, 7) is 3.19. The number of fused-ring (bicyclic) bond motifs is 1. The quantitative estimate of drug-likeness (QED) is 0.381. The van der Waals surface area contributed by atoms with Crippen LogP contribution in [-0.2, 0) is 9.47 Å². The highest BCUT2D eigenvalue weighted by atomic mass is 16.5. The van der Waals surface area contributed by atoms with Gasteiger partial charge < -0.3 is 14.8 Å². The molecule has 0 aliphatic rings. The third-order valence-corrected chi connectivity index (χ3v) is 5.04. The molecule has 170 valence electrons. The first-order chi connectivity index (χ1) is 16.1. The summed E-state index contributed by atoms with van der Waals surface area (Å²) in [5.74, 6) is 0.428. The number of hydrogen-bond donors (Lipinski definition) is 2. The number of methoxy groups -OCH3 is 1. The first kappa shape index (κ1) is 22.4. The minimum Gasteiger partial charge on any atom is -0.382 e. The predicted molar refractivity (Wildman–Crippen MR) is 125 cm³/mol. The second-order valence-electron chi connectivity index (χ2n) is 7.47. The monoisotopic (exact) mass is 446 g/mol. The SMILES string of the molecule is COCCOCC(NC(=O)Nc1cc2cnn(-c3ccnc(C)c3)c2cn1)c1ccccc1. The summed E-state index contributed by atoms with van der Waals surface area (Å²) in [5.41, 5.74) is 3.58. The molecule has 0 spiro atoms. The molecule has 1 aromatic carbocycles. The van der Waals surface area contributed by atoms with Crippen molar-refractivity contribution in [3.63, 3.8) is 0 Å². The zero-order valence-corrected chi connectivity index (χ0v) is 18.6. The molecule has 0 aliphatic heterocycles. The Hall–Kier alpha value is -3.82. The normalized spacial score (nSPS) is 11.9. The minimum atomic E-state index is -0.372. The first-order valence-corrected chi connectivity index (χ1v) is 10.6. The van der Waals surface area contributed by atoms with Crippen LogP contribution in [-0.4, -0.2) is 52.7 Å². The number of benzene rings is 1. The van der Waals surface area contributed by atoms with Gasteiger partial charge in [0.25, 0.3) is 0 Å². The van der Waals surface area contributed by atoms with Crippen molar-refractivity contribution < 1.29 is 14.3 Å². The van der Waals surface area contributed by atoms with Crippen LogP contribution >= 0.6 is 0 Å². The molecule has 1 unspecified atom stereocenters. The number of pyridine rings is 2. The van der Waals surface area contributed by atoms with Gasteiger partial charge in [-0.2, -0.15) is 5.10 Å². The van der Waals surface area contributed by atoms with Crippen molar-refractivity contribution in [3.05, 3.63) is 78.4 Å². The van der Waals surface area contributed by atoms with Crippen LogP contribution in [0.3, 0.4) is 0 Å². The van der Waals surface area contributed by atoms with Crippen molar-refractivity contribution in [2.24, 2.45) is 0 Å². The van der Waals surface area contributed by atoms with E-state index in [-0.39, 0.29) is 12.1 Å². The fourth-order valence-electron chi connectivity index (χ4n) is 3.42. The van der Waals surface area contributed by atoms with Gasteiger partial charge in [-0.1, -0.05) is 30.3 Å². The Balaban J connectivity index is 1.45. The molecule has 3 aromatic heterocycles. The molecule has 9 heteroatoms. The number of hydrogen-bond acceptors (Lipinski definition) is 6. The summed E-state index contributed by atoms with van der Waals surface area (Å²) < 4.78 is 12.5. The largest absolute Gasteiger partial charge is 0.382 e. The Morgan fingerprint density at radius 3 is 2.73 bits per heavy atom. The van der Waals surface area contributed by atoms with Crippen LogP contribution in [0.2, 0.25) is 0 Å². The van der Waals surface area contributed by atoms with Gasteiger partial charge >= 0.3 is 6.03 Å². The molecule has 9 nitrogen and oxygen atoms in total. The Bertz CT molecular complexity index is 1210. The molecule has 1 atom stereocenters. The van der Waals surface area contributed by atoms with Crippen LogP contribution < -0.4 is 10.6 Å². The molecule has 2 N–H and O–H groups in total. The number of aryl methyl sites for hydroxylation is 1. The number of anilines is 1. The lowest BCUT2D eigenvalue weighted by atomic mass is 10.1. The molecule has 0 aliphatic carbocycles. The summed E-state index contributed by atoms with van der Waals surface area (Å²) in [6.07, 6.45) is 5.18. The molecule has 0 radical (unpaired) electrons. The van der Waals surface area contributed by atoms with Gasteiger partial charge in [-0.15, -0.1) is 0 Å². The molecule has 33 heavy (non-hydrogen) atoms. The fraction of sp³-hybridized carbons (Fsp3) is 0.250. The van der Waals surface area contributed by atoms with E-state index in [4.69, 9.17) is 9.47 Å². The lowest BCUT2D eigenvalue weighted by Crippen LogP contribution is -2.35. The zero-order valence-electron chi connectivity index (χ0n) is 18.6. The van der Waals surface area contributed by atoms with E-state index < -0.39 is 0 Å². The van der Waals surface area contributed by atoms with Crippen LogP contribution in [0.5, 0.6) is 0 Å². The van der Waals surface area contributed by atoms with Gasteiger partial charge in [0.1, 0.15) is 5.82 Å². The maximum atomic E-state index is 12.7. The molecule has 2 amide bonds. The van der Waals surface area contributed by atoms with Crippen molar-refractivity contribution in [3.8, 4) is 5.69 Å². The third kappa shape index (κ3) is 5.71. The van der Waals surface area contributed by atoms with Crippen LogP contribution in [0.15, 0.2) is 67.1 Å². The summed E-state index contributed by atoms with van der Waals surface area (Å²) >= 11 is 0. The van der Waals surface area contributed by atoms with Gasteiger partial charge in [0.05, 0.1) is 49.5 Å². The molecule has 0 saturated heterocycles. The Kier molecular flexibility index (Phi) is 7.23. The first-order valence-electron chi connectivity index (χ1n) is 10.6. The summed E-state index contributed by atoms with van der Waals surface area (Å²) in [4.78, 5) is 21.3. The van der Waals surface area contributed by atoms with Crippen molar-refractivity contribution in [2.75, 3.05) is 32.2 Å². The number of amides is 2. The third-order valence-electron chi connectivity index (χ3n) is 5.04. The zero-order chi connectivity index (χ0) is 23.0. The predicted octanol–water partition coefficient (Wildman–Crippen LogP) is 3.65. The van der Waals surface area contributed by atoms with E-state index in [1.807, 2.05) is 49.4 Å². The van der Waals surface area contributed by atoms with E-state index in [2.05, 4.69) is 25.7 Å². The summed E-state index contributed by atoms with van der Waals surface area (Å²) in [5, 5.41) is 11.1. The molecular formula is C24H26N6O3. The fourth-order valence-corrected chi connectivity index (χ4v) is 3.42. The van der Waals surface area contributed by atoms with E-state index in [1.54, 1.807) is 36.4 Å². The van der Waals surface area contributed by atoms with Crippen LogP contribution in [0.25, 0.3) is 16.6 Å². The smallest absolute Gasteiger partial charge is 0.320 e. The highest BCUT2D eigenvalue weighted by Crippen LogP contribution is 2.20. The van der Waals surface area contributed by atoms with Crippen LogP contribution in [0, 0.1) is 6.92 Å². The second-order valence-corrected chi connectivity index (χ2v) is 7.47. The number of carbonyl (C=O) groups excluding carboxylic acids is 1. The number of carbonyl (C=O) groups is 1. The molecule has 0 bridgehead atoms. The highest BCUT2D eigenvalue weighted by Gasteiger charge is 2.16. The maximum absolute atomic E-state index is 12.7. The van der Waals surface area contributed by atoms with E-state index in [1.165, 1.54) is 0 Å². The van der Waals surface area contributed by atoms with Gasteiger partial charge in [0.15, 0.2) is 0 Å². The topological polar surface area (TPSA) is 103 Å². The molecule has 4 rings (SSSR count). The number of aromatic nitrogens is 4. The molecule has 4 aromatic rings. The molecule has 3 heterocycles. The van der Waals surface area contributed by atoms with Gasteiger partial charge in [0.2, 0.25) is 0 Å². The van der Waals surface area contributed by atoms with Crippen molar-refractivity contribution in [1.82, 2.24) is 25.1 Å². The summed E-state index contributed by atoms with van der Waals surface area (Å²) in [6, 6.07) is 14.6. The average molecular weight is 447 g/mol. The number of rotatable bonds is 9. The van der Waals surface area contributed by atoms with E-state index >= 15 is 0 Å². The van der Waals surface area contributed by atoms with E-state index in [0.29, 0.717) is 25.6 Å². The minimum absolute atomic E-state index is 0.315.